The summed E-state index contributed by atoms with van der Waals surface area (Å²) in [6, 6.07) is 4.40. The van der Waals surface area contributed by atoms with Gasteiger partial charge in [0, 0.05) is 19.4 Å². The van der Waals surface area contributed by atoms with Crippen molar-refractivity contribution in [3.05, 3.63) is 52.1 Å². The van der Waals surface area contributed by atoms with Crippen LogP contribution in [0.4, 0.5) is 0 Å². The lowest BCUT2D eigenvalue weighted by molar-refractivity contribution is 0.0697. The summed E-state index contributed by atoms with van der Waals surface area (Å²) in [4.78, 5) is 26.4. The largest absolute Gasteiger partial charge is 0.478 e. The SMILES string of the molecule is Cc1cc(C(=O)O)ccc1Oc1nccn(C)c1=O. The van der Waals surface area contributed by atoms with Crippen molar-refractivity contribution in [3.63, 3.8) is 0 Å². The maximum absolute atomic E-state index is 11.7. The summed E-state index contributed by atoms with van der Waals surface area (Å²) < 4.78 is 6.77. The highest BCUT2D eigenvalue weighted by atomic mass is 16.5. The van der Waals surface area contributed by atoms with Gasteiger partial charge in [-0.1, -0.05) is 0 Å². The molecule has 6 nitrogen and oxygen atoms in total. The fourth-order valence-electron chi connectivity index (χ4n) is 1.55. The Morgan fingerprint density at radius 3 is 2.79 bits per heavy atom. The van der Waals surface area contributed by atoms with Crippen molar-refractivity contribution < 1.29 is 14.6 Å². The third-order valence-corrected chi connectivity index (χ3v) is 2.61. The summed E-state index contributed by atoms with van der Waals surface area (Å²) in [5.41, 5.74) is 0.426. The van der Waals surface area contributed by atoms with Gasteiger partial charge in [0.15, 0.2) is 0 Å². The molecule has 1 aromatic carbocycles. The van der Waals surface area contributed by atoms with Crippen LogP contribution in [-0.2, 0) is 7.05 Å². The summed E-state index contributed by atoms with van der Waals surface area (Å²) >= 11 is 0. The van der Waals surface area contributed by atoms with E-state index in [1.165, 1.54) is 35.2 Å². The Kier molecular flexibility index (Phi) is 3.33. The number of carboxylic acids is 1. The number of rotatable bonds is 3. The lowest BCUT2D eigenvalue weighted by atomic mass is 10.1. The van der Waals surface area contributed by atoms with Gasteiger partial charge in [0.25, 0.3) is 5.88 Å². The number of nitrogens with zero attached hydrogens (tertiary/aromatic N) is 2. The van der Waals surface area contributed by atoms with Gasteiger partial charge in [0.2, 0.25) is 0 Å². The van der Waals surface area contributed by atoms with E-state index in [1.54, 1.807) is 14.0 Å². The molecule has 0 unspecified atom stereocenters. The number of aromatic carboxylic acids is 1. The molecule has 98 valence electrons. The van der Waals surface area contributed by atoms with Crippen molar-refractivity contribution in [1.29, 1.82) is 0 Å². The van der Waals surface area contributed by atoms with Crippen molar-refractivity contribution in [3.8, 4) is 11.6 Å². The first-order chi connectivity index (χ1) is 8.99. The molecule has 0 aliphatic rings. The molecular weight excluding hydrogens is 248 g/mol. The molecule has 0 aliphatic carbocycles. The van der Waals surface area contributed by atoms with Crippen LogP contribution < -0.4 is 10.3 Å². The summed E-state index contributed by atoms with van der Waals surface area (Å²) in [6.07, 6.45) is 2.98. The molecule has 2 aromatic rings. The van der Waals surface area contributed by atoms with Crippen molar-refractivity contribution >= 4 is 5.97 Å². The molecule has 0 aliphatic heterocycles. The van der Waals surface area contributed by atoms with Crippen LogP contribution in [0.25, 0.3) is 0 Å². The molecule has 0 spiro atoms. The van der Waals surface area contributed by atoms with Gasteiger partial charge in [-0.2, -0.15) is 0 Å². The average Bonchev–Trinajstić information content (AvgIpc) is 2.37. The van der Waals surface area contributed by atoms with Crippen molar-refractivity contribution in [2.75, 3.05) is 0 Å². The zero-order chi connectivity index (χ0) is 14.0. The zero-order valence-corrected chi connectivity index (χ0v) is 10.5. The van der Waals surface area contributed by atoms with Gasteiger partial charge in [-0.25, -0.2) is 9.78 Å². The summed E-state index contributed by atoms with van der Waals surface area (Å²) in [6.45, 7) is 1.70. The number of hydrogen-bond acceptors (Lipinski definition) is 4. The molecule has 0 saturated carbocycles. The van der Waals surface area contributed by atoms with Crippen LogP contribution in [0.3, 0.4) is 0 Å². The Morgan fingerprint density at radius 2 is 2.16 bits per heavy atom. The minimum absolute atomic E-state index is 0.0452. The minimum atomic E-state index is -1.01. The Balaban J connectivity index is 2.36. The number of carboxylic acid groups (broad SMARTS) is 1. The van der Waals surface area contributed by atoms with E-state index >= 15 is 0 Å². The summed E-state index contributed by atoms with van der Waals surface area (Å²) in [5, 5.41) is 8.86. The van der Waals surface area contributed by atoms with Crippen LogP contribution >= 0.6 is 0 Å². The first-order valence-corrected chi connectivity index (χ1v) is 5.52. The number of ether oxygens (including phenoxy) is 1. The molecule has 0 saturated heterocycles. The molecule has 2 rings (SSSR count). The fraction of sp³-hybridized carbons (Fsp3) is 0.154. The van der Waals surface area contributed by atoms with Crippen molar-refractivity contribution in [2.24, 2.45) is 7.05 Å². The second-order valence-electron chi connectivity index (χ2n) is 4.04. The summed E-state index contributed by atoms with van der Waals surface area (Å²) in [7, 11) is 1.59. The molecule has 1 aromatic heterocycles. The van der Waals surface area contributed by atoms with Crippen LogP contribution in [-0.4, -0.2) is 20.6 Å². The Hall–Kier alpha value is -2.63. The maximum Gasteiger partial charge on any atom is 0.335 e. The minimum Gasteiger partial charge on any atom is -0.478 e. The molecule has 0 amide bonds. The molecule has 0 radical (unpaired) electrons. The quantitative estimate of drug-likeness (QED) is 0.906. The van der Waals surface area contributed by atoms with Crippen molar-refractivity contribution in [1.82, 2.24) is 9.55 Å². The zero-order valence-electron chi connectivity index (χ0n) is 10.5. The van der Waals surface area contributed by atoms with E-state index in [4.69, 9.17) is 9.84 Å². The molecule has 6 heteroatoms. The van der Waals surface area contributed by atoms with E-state index in [-0.39, 0.29) is 17.0 Å². The van der Waals surface area contributed by atoms with Crippen LogP contribution in [0.2, 0.25) is 0 Å². The molecule has 0 fully saturated rings. The van der Waals surface area contributed by atoms with E-state index in [0.29, 0.717) is 11.3 Å². The van der Waals surface area contributed by atoms with E-state index < -0.39 is 5.97 Å². The van der Waals surface area contributed by atoms with Gasteiger partial charge >= 0.3 is 11.5 Å². The number of benzene rings is 1. The molecular formula is C13H12N2O4. The number of aromatic nitrogens is 2. The smallest absolute Gasteiger partial charge is 0.335 e. The Labute approximate surface area is 108 Å². The predicted molar refractivity (Wildman–Crippen MR) is 67.7 cm³/mol. The Bertz CT molecular complexity index is 691. The van der Waals surface area contributed by atoms with E-state index in [9.17, 15) is 9.59 Å². The number of aryl methyl sites for hydroxylation is 2. The van der Waals surface area contributed by atoms with Gasteiger partial charge in [0.1, 0.15) is 5.75 Å². The van der Waals surface area contributed by atoms with Crippen LogP contribution in [0.1, 0.15) is 15.9 Å². The highest BCUT2D eigenvalue weighted by Gasteiger charge is 2.10. The molecule has 0 atom stereocenters. The number of hydrogen-bond donors (Lipinski definition) is 1. The topological polar surface area (TPSA) is 81.4 Å². The van der Waals surface area contributed by atoms with E-state index in [2.05, 4.69) is 4.98 Å². The fourth-order valence-corrected chi connectivity index (χ4v) is 1.55. The van der Waals surface area contributed by atoms with E-state index in [1.807, 2.05) is 0 Å². The normalized spacial score (nSPS) is 10.2. The first-order valence-electron chi connectivity index (χ1n) is 5.52. The van der Waals surface area contributed by atoms with Crippen LogP contribution in [0, 0.1) is 6.92 Å². The van der Waals surface area contributed by atoms with Crippen LogP contribution in [0.15, 0.2) is 35.4 Å². The van der Waals surface area contributed by atoms with Crippen LogP contribution in [0.5, 0.6) is 11.6 Å². The second-order valence-corrected chi connectivity index (χ2v) is 4.04. The highest BCUT2D eigenvalue weighted by Crippen LogP contribution is 2.22. The third-order valence-electron chi connectivity index (χ3n) is 2.61. The molecule has 19 heavy (non-hydrogen) atoms. The maximum atomic E-state index is 11.7. The monoisotopic (exact) mass is 260 g/mol. The van der Waals surface area contributed by atoms with Gasteiger partial charge in [-0.15, -0.1) is 0 Å². The van der Waals surface area contributed by atoms with Gasteiger partial charge in [0.05, 0.1) is 5.56 Å². The van der Waals surface area contributed by atoms with Crippen molar-refractivity contribution in [2.45, 2.75) is 6.92 Å². The molecule has 1 heterocycles. The average molecular weight is 260 g/mol. The number of carbonyl (C=O) groups is 1. The second kappa shape index (κ2) is 4.93. The summed E-state index contributed by atoms with van der Waals surface area (Å²) in [5.74, 6) is -0.652. The lowest BCUT2D eigenvalue weighted by Crippen LogP contribution is -2.18. The van der Waals surface area contributed by atoms with E-state index in [0.717, 1.165) is 0 Å². The van der Waals surface area contributed by atoms with Gasteiger partial charge in [-0.05, 0) is 30.7 Å². The molecule has 1 N–H and O–H groups in total. The molecule has 0 bridgehead atoms. The lowest BCUT2D eigenvalue weighted by Gasteiger charge is -2.08. The first kappa shape index (κ1) is 12.8. The highest BCUT2D eigenvalue weighted by molar-refractivity contribution is 5.88. The standard InChI is InChI=1S/C13H12N2O4/c1-8-7-9(13(17)18)3-4-10(8)19-11-12(16)15(2)6-5-14-11/h3-7H,1-2H3,(H,17,18). The van der Waals surface area contributed by atoms with Gasteiger partial charge < -0.3 is 14.4 Å². The predicted octanol–water partition coefficient (Wildman–Crippen LogP) is 1.58. The van der Waals surface area contributed by atoms with Gasteiger partial charge in [-0.3, -0.25) is 4.79 Å². The third kappa shape index (κ3) is 2.62. The Morgan fingerprint density at radius 1 is 1.42 bits per heavy atom.